The van der Waals surface area contributed by atoms with E-state index in [0.29, 0.717) is 32.6 Å². The summed E-state index contributed by atoms with van der Waals surface area (Å²) in [5.41, 5.74) is -2.23. The first kappa shape index (κ1) is 37.8. The van der Waals surface area contributed by atoms with Gasteiger partial charge in [-0.1, -0.05) is 68.7 Å². The average molecular weight is 577 g/mol. The van der Waals surface area contributed by atoms with E-state index in [1.165, 1.54) is 0 Å². The topological polar surface area (TPSA) is 111 Å². The van der Waals surface area contributed by atoms with Crippen molar-refractivity contribution < 1.29 is 27.5 Å². The lowest BCUT2D eigenvalue weighted by atomic mass is 9.76. The lowest BCUT2D eigenvalue weighted by molar-refractivity contribution is -0.131. The van der Waals surface area contributed by atoms with Crippen molar-refractivity contribution in [2.24, 2.45) is 22.2 Å². The minimum Gasteiger partial charge on any atom is -0.375 e. The summed E-state index contributed by atoms with van der Waals surface area (Å²) in [4.78, 5) is 25.6. The normalized spacial score (nSPS) is 14.7. The maximum atomic E-state index is 12.9. The Kier molecular flexibility index (Phi) is 14.2. The van der Waals surface area contributed by atoms with E-state index in [1.54, 1.807) is 34.6 Å². The molecule has 39 heavy (non-hydrogen) atoms. The minimum atomic E-state index is -3.84. The highest BCUT2D eigenvalue weighted by Crippen LogP contribution is 2.33. The van der Waals surface area contributed by atoms with Crippen molar-refractivity contribution in [3.05, 3.63) is 0 Å². The molecule has 0 rings (SSSR count). The predicted molar refractivity (Wildman–Crippen MR) is 160 cm³/mol. The van der Waals surface area contributed by atoms with Crippen LogP contribution in [0.25, 0.3) is 0 Å². The monoisotopic (exact) mass is 576 g/mol. The lowest BCUT2D eigenvalue weighted by Gasteiger charge is -2.31. The van der Waals surface area contributed by atoms with Gasteiger partial charge in [0.2, 0.25) is 21.8 Å². The zero-order valence-electron chi connectivity index (χ0n) is 27.3. The molecule has 2 amide bonds. The summed E-state index contributed by atoms with van der Waals surface area (Å²) in [7, 11) is -3.84. The van der Waals surface area contributed by atoms with E-state index in [-0.39, 0.29) is 34.2 Å². The molecule has 0 saturated heterocycles. The molecule has 8 nitrogen and oxygen atoms in total. The van der Waals surface area contributed by atoms with Crippen LogP contribution in [-0.4, -0.2) is 56.9 Å². The summed E-state index contributed by atoms with van der Waals surface area (Å²) in [5, 5.41) is 2.92. The molecule has 1 unspecified atom stereocenters. The highest BCUT2D eigenvalue weighted by Gasteiger charge is 2.36. The third kappa shape index (κ3) is 16.6. The molecule has 232 valence electrons. The van der Waals surface area contributed by atoms with Crippen LogP contribution in [0.2, 0.25) is 0 Å². The summed E-state index contributed by atoms with van der Waals surface area (Å²) < 4.78 is 39.7. The fourth-order valence-electron chi connectivity index (χ4n) is 5.18. The van der Waals surface area contributed by atoms with Crippen molar-refractivity contribution in [2.75, 3.05) is 25.5 Å². The molecule has 0 radical (unpaired) electrons. The van der Waals surface area contributed by atoms with E-state index >= 15 is 0 Å². The van der Waals surface area contributed by atoms with E-state index in [0.717, 1.165) is 19.3 Å². The molecule has 0 heterocycles. The van der Waals surface area contributed by atoms with E-state index in [2.05, 4.69) is 30.8 Å². The van der Waals surface area contributed by atoms with Crippen molar-refractivity contribution in [1.29, 1.82) is 0 Å². The largest absolute Gasteiger partial charge is 0.375 e. The number of hydrogen-bond donors (Lipinski definition) is 2. The van der Waals surface area contributed by atoms with Gasteiger partial charge in [0.05, 0.1) is 30.2 Å². The summed E-state index contributed by atoms with van der Waals surface area (Å²) in [6.07, 6.45) is 3.73. The van der Waals surface area contributed by atoms with Gasteiger partial charge in [0.15, 0.2) is 0 Å². The van der Waals surface area contributed by atoms with Gasteiger partial charge in [-0.15, -0.1) is 0 Å². The van der Waals surface area contributed by atoms with Crippen LogP contribution in [0, 0.1) is 22.2 Å². The molecule has 0 aromatic heterocycles. The summed E-state index contributed by atoms with van der Waals surface area (Å²) in [6.45, 7) is 26.7. The van der Waals surface area contributed by atoms with Crippen LogP contribution in [0.1, 0.15) is 122 Å². The Balaban J connectivity index is 4.69. The molecule has 0 saturated carbocycles. The highest BCUT2D eigenvalue weighted by atomic mass is 32.2. The molecule has 0 fully saturated rings. The molecular formula is C30H60N2O6S. The van der Waals surface area contributed by atoms with Crippen LogP contribution < -0.4 is 10.0 Å². The first-order chi connectivity index (χ1) is 17.3. The molecule has 0 aliphatic carbocycles. The number of rotatable bonds is 18. The second-order valence-corrected chi connectivity index (χ2v) is 16.8. The Morgan fingerprint density at radius 3 is 1.79 bits per heavy atom. The molecule has 1 atom stereocenters. The molecule has 0 bridgehead atoms. The molecule has 2 N–H and O–H groups in total. The first-order valence-electron chi connectivity index (χ1n) is 14.4. The Bertz CT molecular complexity index is 886. The zero-order valence-corrected chi connectivity index (χ0v) is 28.1. The number of nitrogens with one attached hydrogen (secondary N) is 2. The SMILES string of the molecule is CCCC(C)(C)OCCC(C)(C)OCCNC(=O)C(C)(C)CC(C)CS(=O)(=O)NC(=O)C(C)(C)CC(C)(C)C. The van der Waals surface area contributed by atoms with Crippen molar-refractivity contribution >= 4 is 21.8 Å². The van der Waals surface area contributed by atoms with E-state index in [4.69, 9.17) is 9.47 Å². The third-order valence-electron chi connectivity index (χ3n) is 6.74. The van der Waals surface area contributed by atoms with Gasteiger partial charge in [0, 0.05) is 17.4 Å². The van der Waals surface area contributed by atoms with Crippen LogP contribution >= 0.6 is 0 Å². The number of carbonyl (C=O) groups excluding carboxylic acids is 2. The summed E-state index contributed by atoms with van der Waals surface area (Å²) >= 11 is 0. The smallest absolute Gasteiger partial charge is 0.239 e. The number of amides is 2. The second-order valence-electron chi connectivity index (χ2n) is 15.0. The van der Waals surface area contributed by atoms with Gasteiger partial charge in [-0.3, -0.25) is 14.3 Å². The molecule has 0 aromatic carbocycles. The number of carbonyl (C=O) groups is 2. The number of sulfonamides is 1. The van der Waals surface area contributed by atoms with Crippen LogP contribution in [0.3, 0.4) is 0 Å². The minimum absolute atomic E-state index is 0.115. The Labute approximate surface area is 240 Å². The summed E-state index contributed by atoms with van der Waals surface area (Å²) in [5.74, 6) is -1.21. The van der Waals surface area contributed by atoms with Crippen molar-refractivity contribution in [1.82, 2.24) is 10.0 Å². The Hall–Kier alpha value is -1.19. The highest BCUT2D eigenvalue weighted by molar-refractivity contribution is 7.90. The number of hydrogen-bond acceptors (Lipinski definition) is 6. The van der Waals surface area contributed by atoms with E-state index in [9.17, 15) is 18.0 Å². The molecule has 0 aliphatic rings. The molecule has 9 heteroatoms. The standard InChI is InChI=1S/C30H60N2O6S/c1-14-15-29(10,11)37-18-16-30(12,13)38-19-17-31-24(33)27(6,7)20-23(2)21-39(35,36)32-25(34)28(8,9)22-26(3,4)5/h23H,14-22H2,1-13H3,(H,31,33)(H,32,34). The fraction of sp³-hybridized carbons (Fsp3) is 0.933. The van der Waals surface area contributed by atoms with Crippen LogP contribution in [-0.2, 0) is 29.1 Å². The van der Waals surface area contributed by atoms with Gasteiger partial charge in [-0.25, -0.2) is 8.42 Å². The zero-order chi connectivity index (χ0) is 30.9. The molecule has 0 aliphatic heterocycles. The van der Waals surface area contributed by atoms with Gasteiger partial charge >= 0.3 is 0 Å². The van der Waals surface area contributed by atoms with Crippen LogP contribution in [0.15, 0.2) is 0 Å². The van der Waals surface area contributed by atoms with Gasteiger partial charge in [-0.2, -0.15) is 0 Å². The Morgan fingerprint density at radius 2 is 1.28 bits per heavy atom. The fourth-order valence-corrected chi connectivity index (χ4v) is 6.68. The average Bonchev–Trinajstić information content (AvgIpc) is 2.67. The second kappa shape index (κ2) is 14.6. The molecule has 0 aromatic rings. The van der Waals surface area contributed by atoms with Crippen LogP contribution in [0.5, 0.6) is 0 Å². The van der Waals surface area contributed by atoms with E-state index < -0.39 is 26.8 Å². The van der Waals surface area contributed by atoms with Crippen molar-refractivity contribution in [3.63, 3.8) is 0 Å². The van der Waals surface area contributed by atoms with Crippen molar-refractivity contribution in [2.45, 2.75) is 133 Å². The maximum absolute atomic E-state index is 12.9. The quantitative estimate of drug-likeness (QED) is 0.198. The van der Waals surface area contributed by atoms with Crippen LogP contribution in [0.4, 0.5) is 0 Å². The first-order valence-corrected chi connectivity index (χ1v) is 16.1. The maximum Gasteiger partial charge on any atom is 0.239 e. The lowest BCUT2D eigenvalue weighted by Crippen LogP contribution is -2.44. The predicted octanol–water partition coefficient (Wildman–Crippen LogP) is 5.84. The van der Waals surface area contributed by atoms with Crippen molar-refractivity contribution in [3.8, 4) is 0 Å². The molecule has 0 spiro atoms. The number of ether oxygens (including phenoxy) is 2. The summed E-state index contributed by atoms with van der Waals surface area (Å²) in [6, 6.07) is 0. The van der Waals surface area contributed by atoms with Gasteiger partial charge in [0.1, 0.15) is 0 Å². The molecular weight excluding hydrogens is 516 g/mol. The van der Waals surface area contributed by atoms with Gasteiger partial charge in [0.25, 0.3) is 0 Å². The van der Waals surface area contributed by atoms with Gasteiger partial charge in [-0.05, 0) is 64.7 Å². The Morgan fingerprint density at radius 1 is 0.769 bits per heavy atom. The van der Waals surface area contributed by atoms with Gasteiger partial charge < -0.3 is 14.8 Å². The third-order valence-corrected chi connectivity index (χ3v) is 8.25. The van der Waals surface area contributed by atoms with E-state index in [1.807, 2.05) is 34.6 Å².